The minimum Gasteiger partial charge on any atom is -0.449 e. The highest BCUT2D eigenvalue weighted by molar-refractivity contribution is 5.92. The molecule has 0 aromatic heterocycles. The van der Waals surface area contributed by atoms with E-state index in [1.807, 2.05) is 12.1 Å². The van der Waals surface area contributed by atoms with Crippen LogP contribution in [-0.4, -0.2) is 50.8 Å². The number of nitrogens with one attached hydrogen (secondary N) is 2. The molecule has 1 heterocycles. The van der Waals surface area contributed by atoms with E-state index in [1.54, 1.807) is 19.1 Å². The first-order valence-electron chi connectivity index (χ1n) is 10.6. The minimum atomic E-state index is -0.784. The molecule has 1 aliphatic carbocycles. The predicted octanol–water partition coefficient (Wildman–Crippen LogP) is 1.34. The average molecular weight is 390 g/mol. The number of quaternary nitrogens is 1. The third-order valence-electron chi connectivity index (χ3n) is 5.79. The second kappa shape index (κ2) is 10.6. The minimum absolute atomic E-state index is 0.216. The average Bonchev–Trinajstić information content (AvgIpc) is 2.74. The van der Waals surface area contributed by atoms with Gasteiger partial charge in [0.1, 0.15) is 19.6 Å². The zero-order chi connectivity index (χ0) is 19.8. The van der Waals surface area contributed by atoms with Crippen LogP contribution in [0.3, 0.4) is 0 Å². The van der Waals surface area contributed by atoms with E-state index >= 15 is 0 Å². The van der Waals surface area contributed by atoms with Crippen LogP contribution in [0.2, 0.25) is 0 Å². The normalized spacial score (nSPS) is 19.8. The fourth-order valence-electron chi connectivity index (χ4n) is 3.95. The fourth-order valence-corrected chi connectivity index (χ4v) is 3.95. The van der Waals surface area contributed by atoms with Gasteiger partial charge in [-0.1, -0.05) is 31.4 Å². The number of rotatable bonds is 7. The Labute approximate surface area is 167 Å². The van der Waals surface area contributed by atoms with Crippen molar-refractivity contribution in [3.05, 3.63) is 35.4 Å². The van der Waals surface area contributed by atoms with Crippen molar-refractivity contribution in [1.29, 1.82) is 0 Å². The first kappa shape index (κ1) is 20.8. The second-order valence-corrected chi connectivity index (χ2v) is 8.03. The molecule has 0 bridgehead atoms. The monoisotopic (exact) mass is 389 g/mol. The molecule has 1 amide bonds. The summed E-state index contributed by atoms with van der Waals surface area (Å²) in [5, 5.41) is 2.93. The molecule has 1 aromatic rings. The van der Waals surface area contributed by atoms with Crippen molar-refractivity contribution in [2.75, 3.05) is 32.8 Å². The maximum atomic E-state index is 12.3. The quantitative estimate of drug-likeness (QED) is 0.691. The summed E-state index contributed by atoms with van der Waals surface area (Å²) in [5.41, 5.74) is 1.67. The molecular weight excluding hydrogens is 356 g/mol. The molecule has 154 valence electrons. The van der Waals surface area contributed by atoms with E-state index in [2.05, 4.69) is 5.32 Å². The first-order valence-corrected chi connectivity index (χ1v) is 10.6. The number of benzene rings is 1. The van der Waals surface area contributed by atoms with Crippen LogP contribution in [-0.2, 0) is 20.8 Å². The SMILES string of the molecule is C[C@@H](OC(=O)c1ccc(C[NH+]2CCOCC2)cc1)C(=O)NCC1CCCCC1. The van der Waals surface area contributed by atoms with E-state index in [-0.39, 0.29) is 5.91 Å². The summed E-state index contributed by atoms with van der Waals surface area (Å²) >= 11 is 0. The van der Waals surface area contributed by atoms with E-state index in [4.69, 9.17) is 9.47 Å². The lowest BCUT2D eigenvalue weighted by Crippen LogP contribution is -3.12. The van der Waals surface area contributed by atoms with Gasteiger partial charge < -0.3 is 19.7 Å². The number of ether oxygens (including phenoxy) is 2. The maximum absolute atomic E-state index is 12.3. The van der Waals surface area contributed by atoms with Gasteiger partial charge in [0.25, 0.3) is 5.91 Å². The van der Waals surface area contributed by atoms with Gasteiger partial charge in [-0.25, -0.2) is 4.79 Å². The molecule has 3 rings (SSSR count). The molecule has 6 nitrogen and oxygen atoms in total. The third-order valence-corrected chi connectivity index (χ3v) is 5.79. The smallest absolute Gasteiger partial charge is 0.338 e. The van der Waals surface area contributed by atoms with E-state index in [9.17, 15) is 9.59 Å². The molecule has 2 fully saturated rings. The van der Waals surface area contributed by atoms with Gasteiger partial charge >= 0.3 is 5.97 Å². The van der Waals surface area contributed by atoms with Crippen molar-refractivity contribution in [2.24, 2.45) is 5.92 Å². The van der Waals surface area contributed by atoms with Gasteiger partial charge in [-0.05, 0) is 37.8 Å². The molecule has 1 aliphatic heterocycles. The highest BCUT2D eigenvalue weighted by Gasteiger charge is 2.21. The van der Waals surface area contributed by atoms with E-state index in [0.29, 0.717) is 18.0 Å². The van der Waals surface area contributed by atoms with Crippen molar-refractivity contribution in [3.8, 4) is 0 Å². The number of esters is 1. The zero-order valence-electron chi connectivity index (χ0n) is 16.9. The van der Waals surface area contributed by atoms with Crippen LogP contribution in [0.25, 0.3) is 0 Å². The highest BCUT2D eigenvalue weighted by atomic mass is 16.5. The summed E-state index contributed by atoms with van der Waals surface area (Å²) in [6, 6.07) is 7.49. The Kier molecular flexibility index (Phi) is 7.86. The van der Waals surface area contributed by atoms with Gasteiger partial charge in [0.05, 0.1) is 18.8 Å². The lowest BCUT2D eigenvalue weighted by Gasteiger charge is -2.23. The highest BCUT2D eigenvalue weighted by Crippen LogP contribution is 2.22. The van der Waals surface area contributed by atoms with Crippen molar-refractivity contribution in [2.45, 2.75) is 51.7 Å². The largest absolute Gasteiger partial charge is 0.449 e. The van der Waals surface area contributed by atoms with E-state index in [0.717, 1.165) is 32.8 Å². The number of morpholine rings is 1. The van der Waals surface area contributed by atoms with Crippen LogP contribution in [0.4, 0.5) is 0 Å². The molecule has 6 heteroatoms. The number of carbonyl (C=O) groups is 2. The summed E-state index contributed by atoms with van der Waals surface area (Å²) in [7, 11) is 0. The Morgan fingerprint density at radius 2 is 1.82 bits per heavy atom. The Morgan fingerprint density at radius 1 is 1.14 bits per heavy atom. The summed E-state index contributed by atoms with van der Waals surface area (Å²) in [6.45, 7) is 6.87. The Balaban J connectivity index is 1.43. The van der Waals surface area contributed by atoms with Crippen LogP contribution in [0.15, 0.2) is 24.3 Å². The Morgan fingerprint density at radius 3 is 2.50 bits per heavy atom. The van der Waals surface area contributed by atoms with Gasteiger partial charge in [-0.2, -0.15) is 0 Å². The molecule has 1 atom stereocenters. The van der Waals surface area contributed by atoms with Crippen molar-refractivity contribution in [3.63, 3.8) is 0 Å². The van der Waals surface area contributed by atoms with Gasteiger partial charge in [-0.15, -0.1) is 0 Å². The zero-order valence-corrected chi connectivity index (χ0v) is 16.9. The van der Waals surface area contributed by atoms with Crippen LogP contribution in [0.5, 0.6) is 0 Å². The first-order chi connectivity index (χ1) is 13.6. The summed E-state index contributed by atoms with van der Waals surface area (Å²) in [6.07, 6.45) is 5.35. The molecule has 0 radical (unpaired) electrons. The van der Waals surface area contributed by atoms with E-state index < -0.39 is 12.1 Å². The van der Waals surface area contributed by atoms with Crippen LogP contribution in [0.1, 0.15) is 54.9 Å². The maximum Gasteiger partial charge on any atom is 0.338 e. The molecule has 2 N–H and O–H groups in total. The molecule has 0 spiro atoms. The fraction of sp³-hybridized carbons (Fsp3) is 0.636. The third kappa shape index (κ3) is 6.31. The molecular formula is C22H33N2O4+. The predicted molar refractivity (Wildman–Crippen MR) is 106 cm³/mol. The molecule has 28 heavy (non-hydrogen) atoms. The van der Waals surface area contributed by atoms with Crippen LogP contribution in [0, 0.1) is 5.92 Å². The second-order valence-electron chi connectivity index (χ2n) is 8.03. The van der Waals surface area contributed by atoms with Crippen LogP contribution < -0.4 is 10.2 Å². The lowest BCUT2D eigenvalue weighted by molar-refractivity contribution is -0.921. The lowest BCUT2D eigenvalue weighted by atomic mass is 9.89. The summed E-state index contributed by atoms with van der Waals surface area (Å²) in [5.74, 6) is -0.112. The summed E-state index contributed by atoms with van der Waals surface area (Å²) in [4.78, 5) is 26.1. The molecule has 1 saturated heterocycles. The van der Waals surface area contributed by atoms with E-state index in [1.165, 1.54) is 42.6 Å². The standard InChI is InChI=1S/C22H32N2O4/c1-17(21(25)23-15-18-5-3-2-4-6-18)28-22(26)20-9-7-19(8-10-20)16-24-11-13-27-14-12-24/h7-10,17-18H,2-6,11-16H2,1H3,(H,23,25)/p+1/t17-/m1/s1. The number of hydrogen-bond acceptors (Lipinski definition) is 4. The van der Waals surface area contributed by atoms with Gasteiger partial charge in [0.2, 0.25) is 0 Å². The number of hydrogen-bond donors (Lipinski definition) is 2. The number of amides is 1. The number of carbonyl (C=O) groups excluding carboxylic acids is 2. The molecule has 0 unspecified atom stereocenters. The Hall–Kier alpha value is -1.92. The van der Waals surface area contributed by atoms with Gasteiger partial charge in [0, 0.05) is 12.1 Å². The Bertz CT molecular complexity index is 634. The van der Waals surface area contributed by atoms with Gasteiger partial charge in [0.15, 0.2) is 6.10 Å². The topological polar surface area (TPSA) is 69.1 Å². The molecule has 1 saturated carbocycles. The molecule has 1 aromatic carbocycles. The molecule has 2 aliphatic rings. The van der Waals surface area contributed by atoms with Crippen molar-refractivity contribution in [1.82, 2.24) is 5.32 Å². The van der Waals surface area contributed by atoms with Crippen LogP contribution >= 0.6 is 0 Å². The van der Waals surface area contributed by atoms with Crippen molar-refractivity contribution >= 4 is 11.9 Å². The van der Waals surface area contributed by atoms with Crippen molar-refractivity contribution < 1.29 is 24.0 Å². The van der Waals surface area contributed by atoms with Gasteiger partial charge in [-0.3, -0.25) is 4.79 Å². The summed E-state index contributed by atoms with van der Waals surface area (Å²) < 4.78 is 10.7.